The molecule has 88 valence electrons. The van der Waals surface area contributed by atoms with Crippen molar-refractivity contribution in [2.75, 3.05) is 0 Å². The molecule has 0 aromatic heterocycles. The average Bonchev–Trinajstić information content (AvgIpc) is 2.22. The highest BCUT2D eigenvalue weighted by molar-refractivity contribution is 5.16. The van der Waals surface area contributed by atoms with Crippen molar-refractivity contribution in [3.8, 4) is 0 Å². The fourth-order valence-electron chi connectivity index (χ4n) is 2.24. The largest absolute Gasteiger partial charge is 0.310 e. The predicted molar refractivity (Wildman–Crippen MR) is 64.7 cm³/mol. The minimum Gasteiger partial charge on any atom is -0.310 e. The Morgan fingerprint density at radius 1 is 1.38 bits per heavy atom. The molecule has 0 aliphatic heterocycles. The molecule has 0 heterocycles. The third-order valence-corrected chi connectivity index (χ3v) is 3.51. The minimum absolute atomic E-state index is 0.106. The highest BCUT2D eigenvalue weighted by atomic mass is 19.1. The summed E-state index contributed by atoms with van der Waals surface area (Å²) in [6.45, 7) is 2.83. The van der Waals surface area contributed by atoms with Gasteiger partial charge in [0.1, 0.15) is 5.82 Å². The normalized spacial score (nSPS) is 18.1. The topological polar surface area (TPSA) is 12.0 Å². The Morgan fingerprint density at radius 3 is 2.75 bits per heavy atom. The first-order chi connectivity index (χ1) is 7.75. The Morgan fingerprint density at radius 2 is 2.12 bits per heavy atom. The van der Waals surface area contributed by atoms with Crippen LogP contribution in [0.4, 0.5) is 4.39 Å². The summed E-state index contributed by atoms with van der Waals surface area (Å²) < 4.78 is 13.3. The second-order valence-corrected chi connectivity index (χ2v) is 4.91. The van der Waals surface area contributed by atoms with E-state index in [9.17, 15) is 4.39 Å². The van der Waals surface area contributed by atoms with Gasteiger partial charge in [-0.3, -0.25) is 0 Å². The quantitative estimate of drug-likeness (QED) is 0.802. The fourth-order valence-corrected chi connectivity index (χ4v) is 2.24. The van der Waals surface area contributed by atoms with E-state index in [1.54, 1.807) is 6.07 Å². The summed E-state index contributed by atoms with van der Waals surface area (Å²) in [5.41, 5.74) is 0.767. The Kier molecular flexibility index (Phi) is 3.94. The Hall–Kier alpha value is -0.890. The number of halogens is 1. The van der Waals surface area contributed by atoms with Gasteiger partial charge >= 0.3 is 0 Å². The van der Waals surface area contributed by atoms with Gasteiger partial charge < -0.3 is 5.32 Å². The Labute approximate surface area is 97.1 Å². The highest BCUT2D eigenvalue weighted by Crippen LogP contribution is 2.30. The van der Waals surface area contributed by atoms with E-state index in [2.05, 4.69) is 12.2 Å². The van der Waals surface area contributed by atoms with Crippen LogP contribution in [0.25, 0.3) is 0 Å². The van der Waals surface area contributed by atoms with Gasteiger partial charge in [0.05, 0.1) is 0 Å². The van der Waals surface area contributed by atoms with Crippen LogP contribution in [0.3, 0.4) is 0 Å². The van der Waals surface area contributed by atoms with Crippen LogP contribution in [0.1, 0.15) is 38.2 Å². The van der Waals surface area contributed by atoms with E-state index < -0.39 is 0 Å². The zero-order valence-electron chi connectivity index (χ0n) is 9.88. The number of hydrogen-bond donors (Lipinski definition) is 1. The lowest BCUT2D eigenvalue weighted by molar-refractivity contribution is 0.265. The van der Waals surface area contributed by atoms with Gasteiger partial charge in [-0.15, -0.1) is 0 Å². The molecule has 1 aliphatic carbocycles. The average molecular weight is 221 g/mol. The van der Waals surface area contributed by atoms with Crippen LogP contribution in [-0.4, -0.2) is 6.04 Å². The van der Waals surface area contributed by atoms with Crippen molar-refractivity contribution in [1.29, 1.82) is 0 Å². The van der Waals surface area contributed by atoms with Crippen LogP contribution >= 0.6 is 0 Å². The van der Waals surface area contributed by atoms with Crippen molar-refractivity contribution in [3.05, 3.63) is 35.6 Å². The minimum atomic E-state index is -0.106. The molecule has 1 atom stereocenters. The molecular formula is C14H20FN. The first-order valence-electron chi connectivity index (χ1n) is 6.22. The van der Waals surface area contributed by atoms with Gasteiger partial charge in [0.25, 0.3) is 0 Å². The lowest BCUT2D eigenvalue weighted by Gasteiger charge is -2.28. The highest BCUT2D eigenvalue weighted by Gasteiger charge is 2.19. The standard InChI is InChI=1S/C14H20FN/c1-11(9-12-5-4-6-12)16-10-13-7-2-3-8-14(13)15/h2-3,7-8,11-12,16H,4-6,9-10H2,1H3. The summed E-state index contributed by atoms with van der Waals surface area (Å²) in [6.07, 6.45) is 5.39. The van der Waals surface area contributed by atoms with E-state index in [0.717, 1.165) is 11.5 Å². The van der Waals surface area contributed by atoms with E-state index in [1.807, 2.05) is 12.1 Å². The van der Waals surface area contributed by atoms with E-state index in [1.165, 1.54) is 31.7 Å². The number of nitrogens with one attached hydrogen (secondary N) is 1. The van der Waals surface area contributed by atoms with Gasteiger partial charge in [0.15, 0.2) is 0 Å². The number of hydrogen-bond acceptors (Lipinski definition) is 1. The molecule has 1 aromatic rings. The summed E-state index contributed by atoms with van der Waals surface area (Å²) in [5.74, 6) is 0.800. The second kappa shape index (κ2) is 5.44. The molecule has 16 heavy (non-hydrogen) atoms. The van der Waals surface area contributed by atoms with Gasteiger partial charge in [0.2, 0.25) is 0 Å². The van der Waals surface area contributed by atoms with Crippen LogP contribution in [0.5, 0.6) is 0 Å². The van der Waals surface area contributed by atoms with Gasteiger partial charge in [-0.2, -0.15) is 0 Å². The molecule has 0 radical (unpaired) electrons. The monoisotopic (exact) mass is 221 g/mol. The molecule has 1 unspecified atom stereocenters. The third kappa shape index (κ3) is 3.05. The molecule has 1 aromatic carbocycles. The molecule has 1 fully saturated rings. The smallest absolute Gasteiger partial charge is 0.127 e. The maximum absolute atomic E-state index is 13.3. The van der Waals surface area contributed by atoms with E-state index in [-0.39, 0.29) is 5.82 Å². The summed E-state index contributed by atoms with van der Waals surface area (Å²) >= 11 is 0. The molecular weight excluding hydrogens is 201 g/mol. The van der Waals surface area contributed by atoms with Crippen molar-refractivity contribution in [1.82, 2.24) is 5.32 Å². The van der Waals surface area contributed by atoms with Crippen molar-refractivity contribution >= 4 is 0 Å². The Balaban J connectivity index is 1.75. The Bertz CT molecular complexity index is 333. The fraction of sp³-hybridized carbons (Fsp3) is 0.571. The third-order valence-electron chi connectivity index (χ3n) is 3.51. The molecule has 1 saturated carbocycles. The van der Waals surface area contributed by atoms with Crippen LogP contribution in [0.2, 0.25) is 0 Å². The van der Waals surface area contributed by atoms with E-state index in [0.29, 0.717) is 12.6 Å². The lowest BCUT2D eigenvalue weighted by Crippen LogP contribution is -2.30. The summed E-state index contributed by atoms with van der Waals surface area (Å²) in [6, 6.07) is 7.48. The van der Waals surface area contributed by atoms with Crippen LogP contribution in [-0.2, 0) is 6.54 Å². The van der Waals surface area contributed by atoms with Crippen LogP contribution < -0.4 is 5.32 Å². The first kappa shape index (κ1) is 11.6. The summed E-state index contributed by atoms with van der Waals surface area (Å²) in [5, 5.41) is 3.40. The molecule has 0 spiro atoms. The SMILES string of the molecule is CC(CC1CCC1)NCc1ccccc1F. The zero-order chi connectivity index (χ0) is 11.4. The van der Waals surface area contributed by atoms with Crippen LogP contribution in [0.15, 0.2) is 24.3 Å². The van der Waals surface area contributed by atoms with Crippen molar-refractivity contribution in [2.24, 2.45) is 5.92 Å². The molecule has 2 rings (SSSR count). The van der Waals surface area contributed by atoms with Crippen molar-refractivity contribution < 1.29 is 4.39 Å². The molecule has 2 heteroatoms. The molecule has 0 saturated heterocycles. The van der Waals surface area contributed by atoms with Crippen LogP contribution in [0, 0.1) is 11.7 Å². The van der Waals surface area contributed by atoms with Gasteiger partial charge in [-0.05, 0) is 25.3 Å². The first-order valence-corrected chi connectivity index (χ1v) is 6.22. The molecule has 1 N–H and O–H groups in total. The maximum Gasteiger partial charge on any atom is 0.127 e. The number of rotatable bonds is 5. The second-order valence-electron chi connectivity index (χ2n) is 4.91. The van der Waals surface area contributed by atoms with E-state index >= 15 is 0 Å². The molecule has 1 nitrogen and oxygen atoms in total. The lowest BCUT2D eigenvalue weighted by atomic mass is 9.81. The number of benzene rings is 1. The maximum atomic E-state index is 13.3. The summed E-state index contributed by atoms with van der Waals surface area (Å²) in [4.78, 5) is 0. The van der Waals surface area contributed by atoms with Gasteiger partial charge in [-0.25, -0.2) is 4.39 Å². The van der Waals surface area contributed by atoms with E-state index in [4.69, 9.17) is 0 Å². The van der Waals surface area contributed by atoms with Crippen molar-refractivity contribution in [2.45, 2.75) is 45.2 Å². The molecule has 0 bridgehead atoms. The zero-order valence-corrected chi connectivity index (χ0v) is 9.88. The van der Waals surface area contributed by atoms with Crippen molar-refractivity contribution in [3.63, 3.8) is 0 Å². The van der Waals surface area contributed by atoms with Gasteiger partial charge in [-0.1, -0.05) is 37.5 Å². The molecule has 0 amide bonds. The predicted octanol–water partition coefficient (Wildman–Crippen LogP) is 3.49. The van der Waals surface area contributed by atoms with Gasteiger partial charge in [0, 0.05) is 18.2 Å². The summed E-state index contributed by atoms with van der Waals surface area (Å²) in [7, 11) is 0. The molecule has 1 aliphatic rings.